The first-order chi connectivity index (χ1) is 17.2. The number of hydrogen-bond donors (Lipinski definition) is 1. The average molecular weight is 455 g/mol. The molecule has 0 amide bonds. The molecule has 2 aromatic heterocycles. The van der Waals surface area contributed by atoms with E-state index in [1.165, 1.54) is 5.56 Å². The van der Waals surface area contributed by atoms with Gasteiger partial charge in [0.05, 0.1) is 11.3 Å². The van der Waals surface area contributed by atoms with Gasteiger partial charge in [-0.2, -0.15) is 0 Å². The Morgan fingerprint density at radius 3 is 2.26 bits per heavy atom. The zero-order valence-electron chi connectivity index (χ0n) is 18.9. The Bertz CT molecular complexity index is 1640. The van der Waals surface area contributed by atoms with E-state index in [0.29, 0.717) is 17.0 Å². The van der Waals surface area contributed by atoms with Crippen LogP contribution < -0.4 is 0 Å². The van der Waals surface area contributed by atoms with E-state index in [2.05, 4.69) is 54.6 Å². The summed E-state index contributed by atoms with van der Waals surface area (Å²) in [5, 5.41) is 10.2. The highest BCUT2D eigenvalue weighted by Gasteiger charge is 2.15. The molecule has 0 bridgehead atoms. The number of aromatic hydroxyl groups is 1. The van der Waals surface area contributed by atoms with Crippen LogP contribution in [0.2, 0.25) is 0 Å². The molecule has 4 nitrogen and oxygen atoms in total. The van der Waals surface area contributed by atoms with Crippen LogP contribution in [0.5, 0.6) is 5.75 Å². The number of oxazole rings is 1. The molecule has 0 fully saturated rings. The monoisotopic (exact) mass is 454 g/mol. The molecule has 6 rings (SSSR count). The third-order valence-corrected chi connectivity index (χ3v) is 6.06. The van der Waals surface area contributed by atoms with Crippen molar-refractivity contribution in [3.8, 4) is 39.6 Å². The Morgan fingerprint density at radius 1 is 0.629 bits per heavy atom. The molecule has 0 aliphatic heterocycles. The van der Waals surface area contributed by atoms with Gasteiger partial charge in [0.2, 0.25) is 5.89 Å². The number of phenolic OH excluding ortho intramolecular Hbond substituents is 1. The van der Waals surface area contributed by atoms with Gasteiger partial charge in [-0.25, -0.2) is 4.98 Å². The van der Waals surface area contributed by atoms with Crippen LogP contribution in [0, 0.1) is 0 Å². The van der Waals surface area contributed by atoms with Gasteiger partial charge in [-0.1, -0.05) is 78.9 Å². The minimum absolute atomic E-state index is 0.143. The fourth-order valence-corrected chi connectivity index (χ4v) is 4.34. The molecule has 0 radical (unpaired) electrons. The Labute approximate surface area is 203 Å². The van der Waals surface area contributed by atoms with Crippen molar-refractivity contribution >= 4 is 11.1 Å². The number of rotatable bonds is 5. The largest absolute Gasteiger partial charge is 0.507 e. The maximum absolute atomic E-state index is 10.2. The second kappa shape index (κ2) is 8.92. The van der Waals surface area contributed by atoms with Crippen molar-refractivity contribution in [3.05, 3.63) is 127 Å². The molecule has 0 atom stereocenters. The van der Waals surface area contributed by atoms with Crippen LogP contribution in [-0.4, -0.2) is 15.1 Å². The van der Waals surface area contributed by atoms with Gasteiger partial charge in [-0.05, 0) is 47.5 Å². The van der Waals surface area contributed by atoms with Crippen LogP contribution in [0.15, 0.2) is 120 Å². The van der Waals surface area contributed by atoms with Crippen molar-refractivity contribution in [2.75, 3.05) is 0 Å². The van der Waals surface area contributed by atoms with Gasteiger partial charge in [-0.3, -0.25) is 4.98 Å². The number of hydrogen-bond acceptors (Lipinski definition) is 4. The quantitative estimate of drug-likeness (QED) is 0.293. The third-order valence-electron chi connectivity index (χ3n) is 6.06. The SMILES string of the molecule is Oc1ccccc1-c1nc2c(-c3cccc(-c4cccc(Cc5ccccc5)n4)c3)cccc2o1. The van der Waals surface area contributed by atoms with Crippen molar-refractivity contribution in [2.24, 2.45) is 0 Å². The fraction of sp³-hybridized carbons (Fsp3) is 0.0323. The highest BCUT2D eigenvalue weighted by Crippen LogP contribution is 2.35. The third kappa shape index (κ3) is 4.18. The number of aromatic nitrogens is 2. The van der Waals surface area contributed by atoms with Crippen molar-refractivity contribution in [3.63, 3.8) is 0 Å². The van der Waals surface area contributed by atoms with E-state index in [9.17, 15) is 5.11 Å². The zero-order chi connectivity index (χ0) is 23.6. The number of phenols is 1. The number of pyridine rings is 1. The van der Waals surface area contributed by atoms with Gasteiger partial charge >= 0.3 is 0 Å². The van der Waals surface area contributed by atoms with E-state index in [4.69, 9.17) is 14.4 Å². The smallest absolute Gasteiger partial charge is 0.231 e. The van der Waals surface area contributed by atoms with Gasteiger partial charge in [0, 0.05) is 23.2 Å². The van der Waals surface area contributed by atoms with Crippen LogP contribution in [0.25, 0.3) is 44.9 Å². The Balaban J connectivity index is 1.38. The van der Waals surface area contributed by atoms with Crippen LogP contribution >= 0.6 is 0 Å². The first-order valence-corrected chi connectivity index (χ1v) is 11.5. The molecule has 0 aliphatic carbocycles. The van der Waals surface area contributed by atoms with E-state index in [1.54, 1.807) is 18.2 Å². The van der Waals surface area contributed by atoms with Gasteiger partial charge < -0.3 is 9.52 Å². The highest BCUT2D eigenvalue weighted by atomic mass is 16.3. The van der Waals surface area contributed by atoms with E-state index in [1.807, 2.05) is 42.5 Å². The van der Waals surface area contributed by atoms with E-state index >= 15 is 0 Å². The van der Waals surface area contributed by atoms with Gasteiger partial charge in [0.15, 0.2) is 5.58 Å². The van der Waals surface area contributed by atoms with Crippen molar-refractivity contribution in [2.45, 2.75) is 6.42 Å². The van der Waals surface area contributed by atoms with Crippen molar-refractivity contribution in [1.82, 2.24) is 9.97 Å². The summed E-state index contributed by atoms with van der Waals surface area (Å²) in [5.41, 5.74) is 8.25. The minimum Gasteiger partial charge on any atom is -0.507 e. The van der Waals surface area contributed by atoms with Gasteiger partial charge in [-0.15, -0.1) is 0 Å². The predicted molar refractivity (Wildman–Crippen MR) is 139 cm³/mol. The van der Waals surface area contributed by atoms with Crippen LogP contribution in [-0.2, 0) is 6.42 Å². The molecule has 0 spiro atoms. The number of fused-ring (bicyclic) bond motifs is 1. The molecule has 168 valence electrons. The molecule has 35 heavy (non-hydrogen) atoms. The zero-order valence-corrected chi connectivity index (χ0v) is 18.9. The molecule has 1 N–H and O–H groups in total. The van der Waals surface area contributed by atoms with E-state index in [0.717, 1.165) is 40.0 Å². The normalized spacial score (nSPS) is 11.1. The van der Waals surface area contributed by atoms with Gasteiger partial charge in [0.1, 0.15) is 11.3 Å². The molecule has 0 aliphatic rings. The summed E-state index contributed by atoms with van der Waals surface area (Å²) in [6.45, 7) is 0. The van der Waals surface area contributed by atoms with Crippen molar-refractivity contribution < 1.29 is 9.52 Å². The fourth-order valence-electron chi connectivity index (χ4n) is 4.34. The standard InChI is InChI=1S/C31H22N2O2/c34-28-17-5-4-14-26(28)31-33-30-25(15-8-18-29(30)35-31)22-11-6-12-23(20-22)27-16-7-13-24(32-27)19-21-9-2-1-3-10-21/h1-18,20,34H,19H2. The first-order valence-electron chi connectivity index (χ1n) is 11.5. The lowest BCUT2D eigenvalue weighted by Gasteiger charge is -2.08. The predicted octanol–water partition coefficient (Wildman–Crippen LogP) is 7.52. The minimum atomic E-state index is 0.143. The Morgan fingerprint density at radius 2 is 1.37 bits per heavy atom. The molecule has 0 saturated heterocycles. The number of benzene rings is 4. The lowest BCUT2D eigenvalue weighted by molar-refractivity contribution is 0.474. The molecular weight excluding hydrogens is 432 g/mol. The summed E-state index contributed by atoms with van der Waals surface area (Å²) >= 11 is 0. The summed E-state index contributed by atoms with van der Waals surface area (Å²) < 4.78 is 6.00. The van der Waals surface area contributed by atoms with Crippen molar-refractivity contribution in [1.29, 1.82) is 0 Å². The number of nitrogens with zero attached hydrogens (tertiary/aromatic N) is 2. The van der Waals surface area contributed by atoms with E-state index < -0.39 is 0 Å². The van der Waals surface area contributed by atoms with E-state index in [-0.39, 0.29) is 5.75 Å². The summed E-state index contributed by atoms with van der Waals surface area (Å²) in [5.74, 6) is 0.543. The second-order valence-electron chi connectivity index (χ2n) is 8.45. The lowest BCUT2D eigenvalue weighted by Crippen LogP contribution is -1.94. The molecule has 6 aromatic rings. The Hall–Kier alpha value is -4.70. The summed E-state index contributed by atoms with van der Waals surface area (Å²) in [7, 11) is 0. The average Bonchev–Trinajstić information content (AvgIpc) is 3.34. The maximum atomic E-state index is 10.2. The van der Waals surface area contributed by atoms with Crippen LogP contribution in [0.4, 0.5) is 0 Å². The molecule has 0 saturated carbocycles. The summed E-state index contributed by atoms with van der Waals surface area (Å²) in [6.07, 6.45) is 0.793. The number of para-hydroxylation sites is 2. The Kier molecular flexibility index (Phi) is 5.32. The van der Waals surface area contributed by atoms with Gasteiger partial charge in [0.25, 0.3) is 0 Å². The van der Waals surface area contributed by atoms with Crippen LogP contribution in [0.1, 0.15) is 11.3 Å². The first kappa shape index (κ1) is 20.9. The molecule has 4 aromatic carbocycles. The summed E-state index contributed by atoms with van der Waals surface area (Å²) in [4.78, 5) is 9.67. The molecular formula is C31H22N2O2. The molecule has 4 heteroatoms. The molecule has 2 heterocycles. The highest BCUT2D eigenvalue weighted by molar-refractivity contribution is 5.93. The summed E-state index contributed by atoms with van der Waals surface area (Å²) in [6, 6.07) is 37.8. The maximum Gasteiger partial charge on any atom is 0.231 e. The lowest BCUT2D eigenvalue weighted by atomic mass is 10.00. The molecule has 0 unspecified atom stereocenters. The second-order valence-corrected chi connectivity index (χ2v) is 8.45. The van der Waals surface area contributed by atoms with Crippen LogP contribution in [0.3, 0.4) is 0 Å². The topological polar surface area (TPSA) is 59.2 Å².